The van der Waals surface area contributed by atoms with Crippen LogP contribution in [0.15, 0.2) is 18.2 Å². The van der Waals surface area contributed by atoms with Gasteiger partial charge in [0.2, 0.25) is 5.95 Å². The van der Waals surface area contributed by atoms with Gasteiger partial charge in [0.1, 0.15) is 11.6 Å². The van der Waals surface area contributed by atoms with Crippen LogP contribution in [-0.4, -0.2) is 21.9 Å². The molecule has 20 heavy (non-hydrogen) atoms. The molecule has 6 heteroatoms. The molecule has 5 nitrogen and oxygen atoms in total. The molecule has 0 radical (unpaired) electrons. The van der Waals surface area contributed by atoms with Crippen LogP contribution < -0.4 is 10.1 Å². The smallest absolute Gasteiger partial charge is 0.229 e. The van der Waals surface area contributed by atoms with Crippen LogP contribution in [0.4, 0.5) is 11.6 Å². The molecule has 2 heterocycles. The molecule has 106 valence electrons. The molecule has 1 aromatic carbocycles. The summed E-state index contributed by atoms with van der Waals surface area (Å²) < 4.78 is 7.49. The first-order valence-corrected chi connectivity index (χ1v) is 7.18. The van der Waals surface area contributed by atoms with E-state index in [1.165, 1.54) is 12.8 Å². The SMILES string of the molecule is COc1ccc(Cl)cc1Nc1nnc2n1CCCCC2. The molecule has 0 spiro atoms. The third-order valence-electron chi connectivity index (χ3n) is 3.52. The Kier molecular flexibility index (Phi) is 3.78. The molecule has 0 amide bonds. The molecule has 0 bridgehead atoms. The highest BCUT2D eigenvalue weighted by atomic mass is 35.5. The Bertz CT molecular complexity index is 611. The maximum absolute atomic E-state index is 6.05. The van der Waals surface area contributed by atoms with Crippen molar-refractivity contribution < 1.29 is 4.74 Å². The second kappa shape index (κ2) is 5.71. The van der Waals surface area contributed by atoms with Crippen LogP contribution in [0, 0.1) is 0 Å². The Morgan fingerprint density at radius 1 is 1.25 bits per heavy atom. The molecule has 2 aromatic rings. The largest absolute Gasteiger partial charge is 0.495 e. The van der Waals surface area contributed by atoms with E-state index >= 15 is 0 Å². The molecule has 3 rings (SSSR count). The highest BCUT2D eigenvalue weighted by molar-refractivity contribution is 6.30. The number of benzene rings is 1. The van der Waals surface area contributed by atoms with Gasteiger partial charge in [0.25, 0.3) is 0 Å². The number of ether oxygens (including phenoxy) is 1. The first kappa shape index (κ1) is 13.2. The van der Waals surface area contributed by atoms with Crippen molar-refractivity contribution in [2.75, 3.05) is 12.4 Å². The van der Waals surface area contributed by atoms with Crippen molar-refractivity contribution >= 4 is 23.2 Å². The minimum Gasteiger partial charge on any atom is -0.495 e. The number of aryl methyl sites for hydroxylation is 1. The van der Waals surface area contributed by atoms with Crippen molar-refractivity contribution in [1.82, 2.24) is 14.8 Å². The summed E-state index contributed by atoms with van der Waals surface area (Å²) >= 11 is 6.05. The van der Waals surface area contributed by atoms with Crippen molar-refractivity contribution in [3.05, 3.63) is 29.0 Å². The van der Waals surface area contributed by atoms with Gasteiger partial charge in [-0.15, -0.1) is 10.2 Å². The van der Waals surface area contributed by atoms with Crippen LogP contribution in [0.3, 0.4) is 0 Å². The van der Waals surface area contributed by atoms with Gasteiger partial charge < -0.3 is 10.1 Å². The van der Waals surface area contributed by atoms with Gasteiger partial charge in [0.05, 0.1) is 12.8 Å². The number of nitrogens with one attached hydrogen (secondary N) is 1. The lowest BCUT2D eigenvalue weighted by molar-refractivity contribution is 0.416. The van der Waals surface area contributed by atoms with Crippen molar-refractivity contribution in [1.29, 1.82) is 0 Å². The first-order valence-electron chi connectivity index (χ1n) is 6.80. The van der Waals surface area contributed by atoms with Gasteiger partial charge in [0.15, 0.2) is 0 Å². The highest BCUT2D eigenvalue weighted by Gasteiger charge is 2.15. The van der Waals surface area contributed by atoms with Gasteiger partial charge in [-0.05, 0) is 31.0 Å². The monoisotopic (exact) mass is 292 g/mol. The molecular weight excluding hydrogens is 276 g/mol. The number of anilines is 2. The highest BCUT2D eigenvalue weighted by Crippen LogP contribution is 2.30. The Labute approximate surface area is 122 Å². The predicted octanol–water partition coefficient (Wildman–Crippen LogP) is 3.41. The van der Waals surface area contributed by atoms with E-state index in [2.05, 4.69) is 20.1 Å². The zero-order valence-corrected chi connectivity index (χ0v) is 12.2. The van der Waals surface area contributed by atoms with Gasteiger partial charge >= 0.3 is 0 Å². The third-order valence-corrected chi connectivity index (χ3v) is 3.75. The molecule has 1 N–H and O–H groups in total. The van der Waals surface area contributed by atoms with Gasteiger partial charge in [-0.2, -0.15) is 0 Å². The molecule has 0 fully saturated rings. The molecule has 0 saturated carbocycles. The van der Waals surface area contributed by atoms with E-state index < -0.39 is 0 Å². The fourth-order valence-corrected chi connectivity index (χ4v) is 2.65. The zero-order valence-electron chi connectivity index (χ0n) is 11.4. The second-order valence-corrected chi connectivity index (χ2v) is 5.31. The van der Waals surface area contributed by atoms with Crippen LogP contribution in [0.5, 0.6) is 5.75 Å². The van der Waals surface area contributed by atoms with Gasteiger partial charge in [-0.3, -0.25) is 4.57 Å². The number of rotatable bonds is 3. The topological polar surface area (TPSA) is 52.0 Å². The van der Waals surface area contributed by atoms with E-state index in [1.54, 1.807) is 13.2 Å². The summed E-state index contributed by atoms with van der Waals surface area (Å²) in [5, 5.41) is 12.4. The number of hydrogen-bond acceptors (Lipinski definition) is 4. The van der Waals surface area contributed by atoms with E-state index in [1.807, 2.05) is 12.1 Å². The summed E-state index contributed by atoms with van der Waals surface area (Å²) in [6.45, 7) is 0.952. The number of aromatic nitrogens is 3. The van der Waals surface area contributed by atoms with Crippen molar-refractivity contribution in [3.8, 4) is 5.75 Å². The lowest BCUT2D eigenvalue weighted by atomic mass is 10.2. The van der Waals surface area contributed by atoms with Crippen LogP contribution in [0.1, 0.15) is 25.1 Å². The Morgan fingerprint density at radius 3 is 3.00 bits per heavy atom. The van der Waals surface area contributed by atoms with Crippen LogP contribution >= 0.6 is 11.6 Å². The van der Waals surface area contributed by atoms with Crippen LogP contribution in [0.2, 0.25) is 5.02 Å². The average molecular weight is 293 g/mol. The summed E-state index contributed by atoms with van der Waals surface area (Å²) in [5.41, 5.74) is 0.805. The Morgan fingerprint density at radius 2 is 2.15 bits per heavy atom. The molecule has 0 saturated heterocycles. The summed E-state index contributed by atoms with van der Waals surface area (Å²) in [6, 6.07) is 5.47. The number of halogens is 1. The standard InChI is InChI=1S/C14H17ClN4O/c1-20-12-7-6-10(15)9-11(12)16-14-18-17-13-5-3-2-4-8-19(13)14/h6-7,9H,2-5,8H2,1H3,(H,16,18). The summed E-state index contributed by atoms with van der Waals surface area (Å²) in [4.78, 5) is 0. The lowest BCUT2D eigenvalue weighted by Gasteiger charge is -2.12. The van der Waals surface area contributed by atoms with Crippen molar-refractivity contribution in [2.24, 2.45) is 0 Å². The van der Waals surface area contributed by atoms with Crippen molar-refractivity contribution in [3.63, 3.8) is 0 Å². The van der Waals surface area contributed by atoms with Gasteiger partial charge in [0, 0.05) is 18.0 Å². The lowest BCUT2D eigenvalue weighted by Crippen LogP contribution is -2.06. The summed E-state index contributed by atoms with van der Waals surface area (Å²) in [7, 11) is 1.64. The number of methoxy groups -OCH3 is 1. The van der Waals surface area contributed by atoms with E-state index in [9.17, 15) is 0 Å². The van der Waals surface area contributed by atoms with Gasteiger partial charge in [-0.1, -0.05) is 18.0 Å². The fourth-order valence-electron chi connectivity index (χ4n) is 2.48. The Balaban J connectivity index is 1.92. The maximum Gasteiger partial charge on any atom is 0.229 e. The minimum atomic E-state index is 0.656. The summed E-state index contributed by atoms with van der Waals surface area (Å²) in [6.07, 6.45) is 4.57. The van der Waals surface area contributed by atoms with E-state index in [4.69, 9.17) is 16.3 Å². The molecule has 1 aliphatic heterocycles. The van der Waals surface area contributed by atoms with Crippen LogP contribution in [-0.2, 0) is 13.0 Å². The van der Waals surface area contributed by atoms with E-state index in [0.717, 1.165) is 42.6 Å². The number of nitrogens with zero attached hydrogens (tertiary/aromatic N) is 3. The quantitative estimate of drug-likeness (QED) is 0.942. The van der Waals surface area contributed by atoms with E-state index in [0.29, 0.717) is 5.02 Å². The zero-order chi connectivity index (χ0) is 13.9. The molecule has 1 aromatic heterocycles. The number of fused-ring (bicyclic) bond motifs is 1. The Hall–Kier alpha value is -1.75. The molecule has 1 aliphatic rings. The average Bonchev–Trinajstić information content (AvgIpc) is 2.68. The molecule has 0 unspecified atom stereocenters. The third kappa shape index (κ3) is 2.58. The normalized spacial score (nSPS) is 14.5. The summed E-state index contributed by atoms with van der Waals surface area (Å²) in [5.74, 6) is 2.54. The maximum atomic E-state index is 6.05. The number of hydrogen-bond donors (Lipinski definition) is 1. The van der Waals surface area contributed by atoms with E-state index in [-0.39, 0.29) is 0 Å². The predicted molar refractivity (Wildman–Crippen MR) is 78.9 cm³/mol. The molecule has 0 aliphatic carbocycles. The fraction of sp³-hybridized carbons (Fsp3) is 0.429. The molecular formula is C14H17ClN4O. The van der Waals surface area contributed by atoms with Crippen molar-refractivity contribution in [2.45, 2.75) is 32.2 Å². The molecule has 0 atom stereocenters. The van der Waals surface area contributed by atoms with Gasteiger partial charge in [-0.25, -0.2) is 0 Å². The van der Waals surface area contributed by atoms with Crippen LogP contribution in [0.25, 0.3) is 0 Å². The first-order chi connectivity index (χ1) is 9.78. The minimum absolute atomic E-state index is 0.656. The second-order valence-electron chi connectivity index (χ2n) is 4.87.